The number of hydrogen-bond donors (Lipinski definition) is 1. The van der Waals surface area contributed by atoms with Gasteiger partial charge >= 0.3 is 0 Å². The largest absolute Gasteiger partial charge is 0.370 e. The lowest BCUT2D eigenvalue weighted by Gasteiger charge is -2.23. The van der Waals surface area contributed by atoms with E-state index < -0.39 is 0 Å². The van der Waals surface area contributed by atoms with E-state index in [2.05, 4.69) is 64.2 Å². The molecule has 0 saturated heterocycles. The molecule has 2 heteroatoms. The third-order valence-corrected chi connectivity index (χ3v) is 3.46. The maximum Gasteiger partial charge on any atom is 0.130 e. The van der Waals surface area contributed by atoms with Crippen molar-refractivity contribution >= 4 is 16.7 Å². The number of pyridine rings is 1. The zero-order chi connectivity index (χ0) is 14.0. The Labute approximate surface area is 116 Å². The zero-order valence-corrected chi connectivity index (χ0v) is 12.7. The highest BCUT2D eigenvalue weighted by Crippen LogP contribution is 2.32. The normalized spacial score (nSPS) is 11.8. The van der Waals surface area contributed by atoms with Crippen LogP contribution in [0.2, 0.25) is 0 Å². The fourth-order valence-corrected chi connectivity index (χ4v) is 2.42. The van der Waals surface area contributed by atoms with Gasteiger partial charge in [0.05, 0.1) is 5.52 Å². The Kier molecular flexibility index (Phi) is 3.79. The Hall–Kier alpha value is -1.57. The van der Waals surface area contributed by atoms with Crippen LogP contribution >= 0.6 is 0 Å². The number of aromatic nitrogens is 1. The van der Waals surface area contributed by atoms with E-state index in [1.54, 1.807) is 0 Å². The first-order valence-corrected chi connectivity index (χ1v) is 7.14. The third-order valence-electron chi connectivity index (χ3n) is 3.46. The number of hydrogen-bond acceptors (Lipinski definition) is 2. The smallest absolute Gasteiger partial charge is 0.130 e. The molecule has 102 valence electrons. The topological polar surface area (TPSA) is 24.9 Å². The number of anilines is 1. The van der Waals surface area contributed by atoms with Gasteiger partial charge in [0, 0.05) is 17.5 Å². The summed E-state index contributed by atoms with van der Waals surface area (Å²) in [5.41, 5.74) is 3.84. The maximum atomic E-state index is 4.89. The molecule has 1 N–H and O–H groups in total. The van der Waals surface area contributed by atoms with Crippen LogP contribution < -0.4 is 5.32 Å². The van der Waals surface area contributed by atoms with Crippen LogP contribution in [0, 0.1) is 0 Å². The second kappa shape index (κ2) is 5.20. The van der Waals surface area contributed by atoms with Crippen LogP contribution in [0.1, 0.15) is 45.7 Å². The van der Waals surface area contributed by atoms with Crippen molar-refractivity contribution in [2.75, 3.05) is 11.9 Å². The minimum absolute atomic E-state index is 0.0981. The van der Waals surface area contributed by atoms with Gasteiger partial charge in [-0.15, -0.1) is 0 Å². The summed E-state index contributed by atoms with van der Waals surface area (Å²) in [6.45, 7) is 11.9. The summed E-state index contributed by atoms with van der Waals surface area (Å²) in [6.07, 6.45) is 1.02. The van der Waals surface area contributed by atoms with Crippen molar-refractivity contribution in [3.8, 4) is 0 Å². The fraction of sp³-hybridized carbons (Fsp3) is 0.471. The first-order chi connectivity index (χ1) is 8.97. The predicted octanol–water partition coefficient (Wildman–Crippen LogP) is 4.53. The van der Waals surface area contributed by atoms with E-state index in [4.69, 9.17) is 4.98 Å². The number of nitrogens with zero attached hydrogens (tertiary/aromatic N) is 1. The molecule has 0 aliphatic rings. The lowest BCUT2D eigenvalue weighted by molar-refractivity contribution is 0.590. The van der Waals surface area contributed by atoms with Gasteiger partial charge in [-0.2, -0.15) is 0 Å². The Balaban J connectivity index is 2.72. The molecule has 0 radical (unpaired) electrons. The number of rotatable bonds is 3. The number of nitrogens with one attached hydrogen (secondary N) is 1. The van der Waals surface area contributed by atoms with Gasteiger partial charge in [-0.3, -0.25) is 0 Å². The van der Waals surface area contributed by atoms with Crippen molar-refractivity contribution < 1.29 is 0 Å². The fourth-order valence-electron chi connectivity index (χ4n) is 2.42. The zero-order valence-electron chi connectivity index (χ0n) is 12.7. The molecule has 0 aliphatic heterocycles. The first-order valence-electron chi connectivity index (χ1n) is 7.14. The highest BCUT2D eigenvalue weighted by molar-refractivity contribution is 5.85. The Morgan fingerprint density at radius 1 is 1.16 bits per heavy atom. The van der Waals surface area contributed by atoms with Crippen molar-refractivity contribution in [1.29, 1.82) is 0 Å². The Bertz CT molecular complexity index is 580. The molecule has 0 amide bonds. The molecule has 1 aromatic heterocycles. The van der Waals surface area contributed by atoms with Gasteiger partial charge in [-0.1, -0.05) is 45.9 Å². The molecular weight excluding hydrogens is 232 g/mol. The van der Waals surface area contributed by atoms with Gasteiger partial charge in [0.15, 0.2) is 0 Å². The highest BCUT2D eigenvalue weighted by atomic mass is 15.0. The van der Waals surface area contributed by atoms with Crippen molar-refractivity contribution in [1.82, 2.24) is 4.98 Å². The van der Waals surface area contributed by atoms with Gasteiger partial charge in [0.2, 0.25) is 0 Å². The van der Waals surface area contributed by atoms with Crippen LogP contribution in [-0.4, -0.2) is 11.5 Å². The molecule has 2 nitrogen and oxygen atoms in total. The van der Waals surface area contributed by atoms with Gasteiger partial charge in [0.1, 0.15) is 5.82 Å². The molecule has 0 saturated carbocycles. The Morgan fingerprint density at radius 2 is 1.89 bits per heavy atom. The SMILES string of the molecule is CCNc1nc2c(CC)cccc2cc1C(C)(C)C. The van der Waals surface area contributed by atoms with Gasteiger partial charge in [-0.05, 0) is 30.4 Å². The summed E-state index contributed by atoms with van der Waals surface area (Å²) in [6, 6.07) is 8.75. The average molecular weight is 256 g/mol. The van der Waals surface area contributed by atoms with Gasteiger partial charge < -0.3 is 5.32 Å². The monoisotopic (exact) mass is 256 g/mol. The van der Waals surface area contributed by atoms with E-state index in [0.717, 1.165) is 24.3 Å². The molecule has 0 aliphatic carbocycles. The van der Waals surface area contributed by atoms with Crippen LogP contribution in [0.4, 0.5) is 5.82 Å². The molecule has 2 aromatic rings. The van der Waals surface area contributed by atoms with E-state index >= 15 is 0 Å². The van der Waals surface area contributed by atoms with Crippen LogP contribution in [0.5, 0.6) is 0 Å². The summed E-state index contributed by atoms with van der Waals surface area (Å²) in [5.74, 6) is 1.03. The van der Waals surface area contributed by atoms with Gasteiger partial charge in [0.25, 0.3) is 0 Å². The summed E-state index contributed by atoms with van der Waals surface area (Å²) < 4.78 is 0. The molecule has 0 atom stereocenters. The molecule has 1 aromatic carbocycles. The first kappa shape index (κ1) is 13.9. The summed E-state index contributed by atoms with van der Waals surface area (Å²) >= 11 is 0. The van der Waals surface area contributed by atoms with Crippen LogP contribution in [-0.2, 0) is 11.8 Å². The van der Waals surface area contributed by atoms with E-state index in [1.165, 1.54) is 16.5 Å². The molecule has 0 spiro atoms. The van der Waals surface area contributed by atoms with Crippen molar-refractivity contribution in [3.63, 3.8) is 0 Å². The molecule has 19 heavy (non-hydrogen) atoms. The van der Waals surface area contributed by atoms with Crippen LogP contribution in [0.15, 0.2) is 24.3 Å². The van der Waals surface area contributed by atoms with Crippen molar-refractivity contribution in [2.45, 2.75) is 46.5 Å². The number of fused-ring (bicyclic) bond motifs is 1. The van der Waals surface area contributed by atoms with Crippen molar-refractivity contribution in [3.05, 3.63) is 35.4 Å². The molecule has 2 rings (SSSR count). The minimum atomic E-state index is 0.0981. The highest BCUT2D eigenvalue weighted by Gasteiger charge is 2.20. The average Bonchev–Trinajstić information content (AvgIpc) is 2.36. The predicted molar refractivity (Wildman–Crippen MR) is 84.0 cm³/mol. The van der Waals surface area contributed by atoms with E-state index in [9.17, 15) is 0 Å². The quantitative estimate of drug-likeness (QED) is 0.873. The van der Waals surface area contributed by atoms with Gasteiger partial charge in [-0.25, -0.2) is 4.98 Å². The summed E-state index contributed by atoms with van der Waals surface area (Å²) in [5, 5.41) is 4.66. The summed E-state index contributed by atoms with van der Waals surface area (Å²) in [4.78, 5) is 4.89. The third kappa shape index (κ3) is 2.73. The molecule has 0 fully saturated rings. The molecule has 0 unspecified atom stereocenters. The summed E-state index contributed by atoms with van der Waals surface area (Å²) in [7, 11) is 0. The lowest BCUT2D eigenvalue weighted by atomic mass is 9.86. The standard InChI is InChI=1S/C17H24N2/c1-6-12-9-8-10-13-11-14(17(3,4)5)16(18-7-2)19-15(12)13/h8-11H,6-7H2,1-5H3,(H,18,19). The van der Waals surface area contributed by atoms with Crippen LogP contribution in [0.3, 0.4) is 0 Å². The Morgan fingerprint density at radius 3 is 2.47 bits per heavy atom. The van der Waals surface area contributed by atoms with E-state index in [-0.39, 0.29) is 5.41 Å². The molecule has 0 bridgehead atoms. The minimum Gasteiger partial charge on any atom is -0.370 e. The maximum absolute atomic E-state index is 4.89. The molecular formula is C17H24N2. The van der Waals surface area contributed by atoms with Crippen LogP contribution in [0.25, 0.3) is 10.9 Å². The second-order valence-electron chi connectivity index (χ2n) is 6.01. The second-order valence-corrected chi connectivity index (χ2v) is 6.01. The van der Waals surface area contributed by atoms with Crippen molar-refractivity contribution in [2.24, 2.45) is 0 Å². The van der Waals surface area contributed by atoms with E-state index in [0.29, 0.717) is 0 Å². The van der Waals surface area contributed by atoms with E-state index in [1.807, 2.05) is 0 Å². The number of para-hydroxylation sites is 1. The number of aryl methyl sites for hydroxylation is 1. The number of benzene rings is 1. The lowest BCUT2D eigenvalue weighted by Crippen LogP contribution is -2.16. The molecule has 1 heterocycles.